The summed E-state index contributed by atoms with van der Waals surface area (Å²) < 4.78 is 0. The number of amides is 1. The van der Waals surface area contributed by atoms with Crippen molar-refractivity contribution in [1.29, 1.82) is 0 Å². The largest absolute Gasteiger partial charge is 0.395 e. The topological polar surface area (TPSA) is 40.5 Å². The van der Waals surface area contributed by atoms with Crippen LogP contribution in [0.4, 0.5) is 0 Å². The second kappa shape index (κ2) is 6.40. The van der Waals surface area contributed by atoms with E-state index in [1.807, 2.05) is 36.2 Å². The molecule has 0 spiro atoms. The Morgan fingerprint density at radius 1 is 1.42 bits per heavy atom. The first-order valence-corrected chi connectivity index (χ1v) is 6.70. The third-order valence-corrected chi connectivity index (χ3v) is 3.56. The van der Waals surface area contributed by atoms with Crippen molar-refractivity contribution >= 4 is 5.91 Å². The molecular formula is C16H19NO2. The van der Waals surface area contributed by atoms with E-state index in [1.165, 1.54) is 6.42 Å². The van der Waals surface area contributed by atoms with Gasteiger partial charge in [0.2, 0.25) is 0 Å². The summed E-state index contributed by atoms with van der Waals surface area (Å²) in [6, 6.07) is 7.79. The van der Waals surface area contributed by atoms with Gasteiger partial charge in [-0.25, -0.2) is 0 Å². The zero-order valence-electron chi connectivity index (χ0n) is 11.2. The highest BCUT2D eigenvalue weighted by atomic mass is 16.2. The molecule has 1 aromatic carbocycles. The lowest BCUT2D eigenvalue weighted by Gasteiger charge is -2.34. The minimum absolute atomic E-state index is 0.0404. The maximum absolute atomic E-state index is 12.4. The monoisotopic (exact) mass is 257 g/mol. The number of benzene rings is 1. The minimum atomic E-state index is 0.0404. The fourth-order valence-electron chi connectivity index (χ4n) is 2.12. The molecule has 0 heterocycles. The van der Waals surface area contributed by atoms with Crippen LogP contribution in [0.5, 0.6) is 0 Å². The van der Waals surface area contributed by atoms with Crippen molar-refractivity contribution in [3.8, 4) is 11.8 Å². The van der Waals surface area contributed by atoms with Gasteiger partial charge in [0.25, 0.3) is 5.91 Å². The van der Waals surface area contributed by atoms with Gasteiger partial charge in [-0.3, -0.25) is 4.79 Å². The fraction of sp³-hybridized carbons (Fsp3) is 0.438. The lowest BCUT2D eigenvalue weighted by molar-refractivity contribution is 0.0652. The van der Waals surface area contributed by atoms with Crippen LogP contribution in [-0.2, 0) is 0 Å². The summed E-state index contributed by atoms with van der Waals surface area (Å²) in [7, 11) is 1.87. The van der Waals surface area contributed by atoms with Crippen LogP contribution in [0.15, 0.2) is 24.3 Å². The molecular weight excluding hydrogens is 238 g/mol. The van der Waals surface area contributed by atoms with Crippen LogP contribution >= 0.6 is 0 Å². The molecule has 0 aromatic heterocycles. The number of nitrogens with zero attached hydrogens (tertiary/aromatic N) is 1. The van der Waals surface area contributed by atoms with E-state index in [-0.39, 0.29) is 12.5 Å². The average molecular weight is 257 g/mol. The smallest absolute Gasteiger partial charge is 0.255 e. The number of carbonyl (C=O) groups excluding carboxylic acids is 1. The summed E-state index contributed by atoms with van der Waals surface area (Å²) in [5.74, 6) is 5.88. The quantitative estimate of drug-likeness (QED) is 0.842. The van der Waals surface area contributed by atoms with Gasteiger partial charge in [-0.15, -0.1) is 0 Å². The van der Waals surface area contributed by atoms with Crippen molar-refractivity contribution in [2.45, 2.75) is 31.7 Å². The maximum atomic E-state index is 12.4. The predicted octanol–water partition coefficient (Wildman–Crippen LogP) is 2.04. The Labute approximate surface area is 114 Å². The number of aliphatic hydroxyl groups is 1. The summed E-state index contributed by atoms with van der Waals surface area (Å²) in [6.45, 7) is 0.0467. The third-order valence-electron chi connectivity index (χ3n) is 3.56. The van der Waals surface area contributed by atoms with Gasteiger partial charge in [-0.2, -0.15) is 0 Å². The van der Waals surface area contributed by atoms with Crippen molar-refractivity contribution in [3.63, 3.8) is 0 Å². The van der Waals surface area contributed by atoms with E-state index in [1.54, 1.807) is 0 Å². The molecule has 1 aliphatic carbocycles. The Morgan fingerprint density at radius 2 is 2.16 bits per heavy atom. The molecule has 1 N–H and O–H groups in total. The molecule has 0 unspecified atom stereocenters. The van der Waals surface area contributed by atoms with Crippen molar-refractivity contribution < 1.29 is 9.90 Å². The van der Waals surface area contributed by atoms with Crippen LogP contribution in [0.3, 0.4) is 0 Å². The van der Waals surface area contributed by atoms with Crippen LogP contribution in [-0.4, -0.2) is 35.6 Å². The van der Waals surface area contributed by atoms with E-state index < -0.39 is 0 Å². The summed E-state index contributed by atoms with van der Waals surface area (Å²) in [6.07, 6.45) is 3.84. The second-order valence-corrected chi connectivity index (χ2v) is 4.82. The summed E-state index contributed by atoms with van der Waals surface area (Å²) in [4.78, 5) is 14.3. The molecule has 1 aliphatic rings. The van der Waals surface area contributed by atoms with E-state index in [9.17, 15) is 4.79 Å². The van der Waals surface area contributed by atoms with Gasteiger partial charge >= 0.3 is 0 Å². The number of carbonyl (C=O) groups is 1. The molecule has 3 nitrogen and oxygen atoms in total. The van der Waals surface area contributed by atoms with Gasteiger partial charge in [-0.1, -0.05) is 24.0 Å². The minimum Gasteiger partial charge on any atom is -0.395 e. The van der Waals surface area contributed by atoms with E-state index in [0.717, 1.165) is 18.4 Å². The first-order chi connectivity index (χ1) is 9.24. The fourth-order valence-corrected chi connectivity index (χ4v) is 2.12. The maximum Gasteiger partial charge on any atom is 0.255 e. The van der Waals surface area contributed by atoms with E-state index >= 15 is 0 Å². The Morgan fingerprint density at radius 3 is 2.79 bits per heavy atom. The molecule has 0 aliphatic heterocycles. The molecule has 1 saturated carbocycles. The molecule has 1 fully saturated rings. The predicted molar refractivity (Wildman–Crippen MR) is 74.8 cm³/mol. The average Bonchev–Trinajstić information content (AvgIpc) is 2.37. The molecule has 19 heavy (non-hydrogen) atoms. The number of hydrogen-bond donors (Lipinski definition) is 1. The summed E-state index contributed by atoms with van der Waals surface area (Å²) in [5, 5.41) is 8.75. The van der Waals surface area contributed by atoms with Gasteiger partial charge in [0.05, 0.1) is 12.2 Å². The van der Waals surface area contributed by atoms with Crippen molar-refractivity contribution in [3.05, 3.63) is 35.4 Å². The normalized spacial score (nSPS) is 14.2. The van der Waals surface area contributed by atoms with E-state index in [2.05, 4.69) is 11.8 Å². The first-order valence-electron chi connectivity index (χ1n) is 6.70. The molecule has 3 heteroatoms. The summed E-state index contributed by atoms with van der Waals surface area (Å²) in [5.41, 5.74) is 1.40. The zero-order valence-corrected chi connectivity index (χ0v) is 11.2. The third kappa shape index (κ3) is 3.15. The van der Waals surface area contributed by atoms with Gasteiger partial charge < -0.3 is 10.0 Å². The zero-order chi connectivity index (χ0) is 13.7. The number of rotatable bonds is 3. The highest BCUT2D eigenvalue weighted by molar-refractivity contribution is 5.96. The Bertz CT molecular complexity index is 509. The lowest BCUT2D eigenvalue weighted by Crippen LogP contribution is -2.41. The number of hydrogen-bond acceptors (Lipinski definition) is 2. The van der Waals surface area contributed by atoms with Gasteiger partial charge in [0, 0.05) is 25.1 Å². The van der Waals surface area contributed by atoms with E-state index in [4.69, 9.17) is 5.11 Å². The van der Waals surface area contributed by atoms with Crippen LogP contribution in [0.1, 0.15) is 41.6 Å². The van der Waals surface area contributed by atoms with E-state index in [0.29, 0.717) is 18.0 Å². The molecule has 0 bridgehead atoms. The molecule has 2 rings (SSSR count). The SMILES string of the molecule is CN(C(=O)c1ccccc1C#CCCO)C1CCC1. The highest BCUT2D eigenvalue weighted by Gasteiger charge is 2.27. The Hall–Kier alpha value is -1.79. The van der Waals surface area contributed by atoms with Crippen LogP contribution in [0.2, 0.25) is 0 Å². The van der Waals surface area contributed by atoms with Crippen molar-refractivity contribution in [1.82, 2.24) is 4.90 Å². The van der Waals surface area contributed by atoms with Crippen LogP contribution in [0.25, 0.3) is 0 Å². The molecule has 100 valence electrons. The molecule has 0 radical (unpaired) electrons. The van der Waals surface area contributed by atoms with Crippen molar-refractivity contribution in [2.75, 3.05) is 13.7 Å². The van der Waals surface area contributed by atoms with Gasteiger partial charge in [0.15, 0.2) is 0 Å². The van der Waals surface area contributed by atoms with Crippen LogP contribution < -0.4 is 0 Å². The molecule has 0 saturated heterocycles. The lowest BCUT2D eigenvalue weighted by atomic mass is 9.91. The molecule has 1 aromatic rings. The first kappa shape index (κ1) is 13.6. The standard InChI is InChI=1S/C16H19NO2/c1-17(14-9-6-10-14)16(19)15-11-3-2-7-13(15)8-4-5-12-18/h2-3,7,11,14,18H,5-6,9-10,12H2,1H3. The summed E-state index contributed by atoms with van der Waals surface area (Å²) >= 11 is 0. The van der Waals surface area contributed by atoms with Gasteiger partial charge in [-0.05, 0) is 31.4 Å². The number of aliphatic hydroxyl groups excluding tert-OH is 1. The van der Waals surface area contributed by atoms with Crippen LogP contribution in [0, 0.1) is 11.8 Å². The highest BCUT2D eigenvalue weighted by Crippen LogP contribution is 2.25. The molecule has 0 atom stereocenters. The Balaban J connectivity index is 2.19. The molecule has 1 amide bonds. The van der Waals surface area contributed by atoms with Crippen molar-refractivity contribution in [2.24, 2.45) is 0 Å². The second-order valence-electron chi connectivity index (χ2n) is 4.82. The Kier molecular flexibility index (Phi) is 4.59. The van der Waals surface area contributed by atoms with Gasteiger partial charge in [0.1, 0.15) is 0 Å².